The highest BCUT2D eigenvalue weighted by atomic mass is 127. The van der Waals surface area contributed by atoms with Crippen molar-refractivity contribution >= 4 is 39.9 Å². The van der Waals surface area contributed by atoms with Crippen LogP contribution in [-0.2, 0) is 0 Å². The van der Waals surface area contributed by atoms with Gasteiger partial charge in [-0.15, -0.1) is 0 Å². The lowest BCUT2D eigenvalue weighted by Gasteiger charge is -2.21. The Morgan fingerprint density at radius 2 is 1.57 bits per heavy atom. The summed E-state index contributed by atoms with van der Waals surface area (Å²) in [6, 6.07) is 15.5. The molecule has 0 unspecified atom stereocenters. The molecule has 0 heterocycles. The predicted molar refractivity (Wildman–Crippen MR) is 97.1 cm³/mol. The molecule has 2 aromatic carbocycles. The van der Waals surface area contributed by atoms with E-state index in [2.05, 4.69) is 46.7 Å². The minimum Gasteiger partial charge on any atom is -0.372 e. The molecule has 4 heteroatoms. The number of carbonyl (C=O) groups excluding carboxylic acids is 1. The first-order valence-electron chi connectivity index (χ1n) is 7.06. The largest absolute Gasteiger partial charge is 0.372 e. The lowest BCUT2D eigenvalue weighted by atomic mass is 10.1. The molecular formula is C17H19IN2O. The molecule has 21 heavy (non-hydrogen) atoms. The lowest BCUT2D eigenvalue weighted by molar-refractivity contribution is 0.102. The van der Waals surface area contributed by atoms with E-state index in [4.69, 9.17) is 0 Å². The molecule has 0 aromatic heterocycles. The highest BCUT2D eigenvalue weighted by molar-refractivity contribution is 14.1. The van der Waals surface area contributed by atoms with Crippen molar-refractivity contribution in [1.29, 1.82) is 0 Å². The van der Waals surface area contributed by atoms with Crippen LogP contribution in [0.5, 0.6) is 0 Å². The Kier molecular flexibility index (Phi) is 5.61. The third-order valence-corrected chi connectivity index (χ3v) is 4.08. The van der Waals surface area contributed by atoms with Crippen LogP contribution in [0.25, 0.3) is 0 Å². The van der Waals surface area contributed by atoms with E-state index < -0.39 is 0 Å². The second-order valence-corrected chi connectivity index (χ2v) is 5.93. The van der Waals surface area contributed by atoms with Crippen molar-refractivity contribution < 1.29 is 4.79 Å². The summed E-state index contributed by atoms with van der Waals surface area (Å²) in [7, 11) is 0. The first-order valence-corrected chi connectivity index (χ1v) is 8.13. The van der Waals surface area contributed by atoms with Gasteiger partial charge in [-0.05, 0) is 85.0 Å². The average Bonchev–Trinajstić information content (AvgIpc) is 2.51. The van der Waals surface area contributed by atoms with Gasteiger partial charge in [-0.3, -0.25) is 4.79 Å². The Labute approximate surface area is 139 Å². The van der Waals surface area contributed by atoms with Gasteiger partial charge in [0.25, 0.3) is 5.91 Å². The number of nitrogens with zero attached hydrogens (tertiary/aromatic N) is 1. The Morgan fingerprint density at radius 1 is 1.00 bits per heavy atom. The highest BCUT2D eigenvalue weighted by Crippen LogP contribution is 2.17. The zero-order valence-corrected chi connectivity index (χ0v) is 14.4. The van der Waals surface area contributed by atoms with Gasteiger partial charge < -0.3 is 10.2 Å². The number of hydrogen-bond acceptors (Lipinski definition) is 2. The number of nitrogens with one attached hydrogen (secondary N) is 1. The molecule has 0 saturated heterocycles. The fourth-order valence-corrected chi connectivity index (χ4v) is 2.51. The Balaban J connectivity index is 2.07. The summed E-state index contributed by atoms with van der Waals surface area (Å²) in [5, 5.41) is 2.91. The molecular weight excluding hydrogens is 375 g/mol. The molecule has 1 N–H and O–H groups in total. The van der Waals surface area contributed by atoms with Gasteiger partial charge in [0.1, 0.15) is 0 Å². The molecule has 0 aliphatic heterocycles. The Bertz CT molecular complexity index is 589. The van der Waals surface area contributed by atoms with Gasteiger partial charge in [-0.25, -0.2) is 0 Å². The van der Waals surface area contributed by atoms with Gasteiger partial charge in [0.2, 0.25) is 0 Å². The number of rotatable bonds is 5. The second-order valence-electron chi connectivity index (χ2n) is 4.68. The zero-order chi connectivity index (χ0) is 15.2. The third-order valence-electron chi connectivity index (χ3n) is 3.36. The van der Waals surface area contributed by atoms with Gasteiger partial charge in [0.05, 0.1) is 0 Å². The maximum Gasteiger partial charge on any atom is 0.255 e. The summed E-state index contributed by atoms with van der Waals surface area (Å²) in [5.74, 6) is -0.0812. The molecule has 0 aliphatic rings. The Hall–Kier alpha value is -1.56. The first-order chi connectivity index (χ1) is 10.1. The summed E-state index contributed by atoms with van der Waals surface area (Å²) in [4.78, 5) is 14.4. The number of benzene rings is 2. The number of carbonyl (C=O) groups is 1. The third kappa shape index (κ3) is 4.20. The van der Waals surface area contributed by atoms with E-state index >= 15 is 0 Å². The Morgan fingerprint density at radius 3 is 2.10 bits per heavy atom. The molecule has 0 atom stereocenters. The van der Waals surface area contributed by atoms with E-state index in [-0.39, 0.29) is 5.91 Å². The van der Waals surface area contributed by atoms with Crippen molar-refractivity contribution in [2.24, 2.45) is 0 Å². The monoisotopic (exact) mass is 394 g/mol. The second kappa shape index (κ2) is 7.45. The van der Waals surface area contributed by atoms with Crippen molar-refractivity contribution in [3.8, 4) is 0 Å². The summed E-state index contributed by atoms with van der Waals surface area (Å²) >= 11 is 2.24. The fraction of sp³-hybridized carbons (Fsp3) is 0.235. The summed E-state index contributed by atoms with van der Waals surface area (Å²) in [6.45, 7) is 6.18. The summed E-state index contributed by atoms with van der Waals surface area (Å²) < 4.78 is 1.15. The minimum atomic E-state index is -0.0812. The van der Waals surface area contributed by atoms with Crippen LogP contribution in [0.3, 0.4) is 0 Å². The van der Waals surface area contributed by atoms with Crippen molar-refractivity contribution in [1.82, 2.24) is 0 Å². The molecule has 0 aliphatic carbocycles. The van der Waals surface area contributed by atoms with E-state index in [0.717, 1.165) is 28.0 Å². The van der Waals surface area contributed by atoms with Crippen LogP contribution in [0.1, 0.15) is 24.2 Å². The van der Waals surface area contributed by atoms with Crippen LogP contribution < -0.4 is 10.2 Å². The topological polar surface area (TPSA) is 32.3 Å². The van der Waals surface area contributed by atoms with Gasteiger partial charge in [0.15, 0.2) is 0 Å². The van der Waals surface area contributed by atoms with Crippen LogP contribution in [0.4, 0.5) is 11.4 Å². The fourth-order valence-electron chi connectivity index (χ4n) is 2.15. The molecule has 0 radical (unpaired) electrons. The molecule has 0 spiro atoms. The number of anilines is 2. The molecule has 1 amide bonds. The van der Waals surface area contributed by atoms with Gasteiger partial charge >= 0.3 is 0 Å². The van der Waals surface area contributed by atoms with Gasteiger partial charge in [0, 0.05) is 33.6 Å². The molecule has 2 rings (SSSR count). The standard InChI is InChI=1S/C17H19IN2O/c1-3-20(4-2)16-11-5-13(6-12-16)17(21)19-15-9-7-14(18)8-10-15/h5-12H,3-4H2,1-2H3,(H,19,21). The van der Waals surface area contributed by atoms with Crippen molar-refractivity contribution in [2.75, 3.05) is 23.3 Å². The first kappa shape index (κ1) is 15.8. The van der Waals surface area contributed by atoms with Crippen LogP contribution in [0.15, 0.2) is 48.5 Å². The number of halogens is 1. The smallest absolute Gasteiger partial charge is 0.255 e. The van der Waals surface area contributed by atoms with Crippen LogP contribution in [0.2, 0.25) is 0 Å². The summed E-state index contributed by atoms with van der Waals surface area (Å²) in [6.07, 6.45) is 0. The van der Waals surface area contributed by atoms with Crippen LogP contribution in [-0.4, -0.2) is 19.0 Å². The number of amides is 1. The molecule has 0 bridgehead atoms. The van der Waals surface area contributed by atoms with Crippen molar-refractivity contribution in [3.63, 3.8) is 0 Å². The average molecular weight is 394 g/mol. The minimum absolute atomic E-state index is 0.0812. The lowest BCUT2D eigenvalue weighted by Crippen LogP contribution is -2.21. The van der Waals surface area contributed by atoms with Crippen molar-refractivity contribution in [3.05, 3.63) is 57.7 Å². The van der Waals surface area contributed by atoms with Crippen molar-refractivity contribution in [2.45, 2.75) is 13.8 Å². The molecule has 110 valence electrons. The summed E-state index contributed by atoms with van der Waals surface area (Å²) in [5.41, 5.74) is 2.63. The molecule has 0 saturated carbocycles. The number of hydrogen-bond donors (Lipinski definition) is 1. The van der Waals surface area contributed by atoms with E-state index in [9.17, 15) is 4.79 Å². The maximum atomic E-state index is 12.2. The predicted octanol–water partition coefficient (Wildman–Crippen LogP) is 4.39. The SMILES string of the molecule is CCN(CC)c1ccc(C(=O)Nc2ccc(I)cc2)cc1. The molecule has 3 nitrogen and oxygen atoms in total. The van der Waals surface area contributed by atoms with Crippen LogP contribution >= 0.6 is 22.6 Å². The normalized spacial score (nSPS) is 10.2. The maximum absolute atomic E-state index is 12.2. The molecule has 2 aromatic rings. The van der Waals surface area contributed by atoms with E-state index in [1.807, 2.05) is 48.5 Å². The van der Waals surface area contributed by atoms with Gasteiger partial charge in [-0.2, -0.15) is 0 Å². The van der Waals surface area contributed by atoms with Gasteiger partial charge in [-0.1, -0.05) is 0 Å². The van der Waals surface area contributed by atoms with Crippen LogP contribution in [0, 0.1) is 3.57 Å². The quantitative estimate of drug-likeness (QED) is 0.763. The van der Waals surface area contributed by atoms with E-state index in [1.165, 1.54) is 0 Å². The van der Waals surface area contributed by atoms with E-state index in [1.54, 1.807) is 0 Å². The highest BCUT2D eigenvalue weighted by Gasteiger charge is 2.07. The zero-order valence-electron chi connectivity index (χ0n) is 12.3. The molecule has 0 fully saturated rings. The van der Waals surface area contributed by atoms with E-state index in [0.29, 0.717) is 5.56 Å².